The normalized spacial score (nSPS) is 23.2. The van der Waals surface area contributed by atoms with E-state index in [1.165, 1.54) is 12.8 Å². The summed E-state index contributed by atoms with van der Waals surface area (Å²) in [6.07, 6.45) is 7.83. The highest BCUT2D eigenvalue weighted by Gasteiger charge is 2.29. The second kappa shape index (κ2) is 6.37. The van der Waals surface area contributed by atoms with Gasteiger partial charge in [-0.05, 0) is 37.9 Å². The quantitative estimate of drug-likeness (QED) is 0.851. The van der Waals surface area contributed by atoms with Gasteiger partial charge in [0.25, 0.3) is 0 Å². The van der Waals surface area contributed by atoms with Gasteiger partial charge in [0, 0.05) is 31.5 Å². The largest absolute Gasteiger partial charge is 0.372 e. The van der Waals surface area contributed by atoms with Gasteiger partial charge in [0.2, 0.25) is 0 Å². The van der Waals surface area contributed by atoms with Crippen LogP contribution in [-0.4, -0.2) is 29.1 Å². The highest BCUT2D eigenvalue weighted by atomic mass is 16.5. The van der Waals surface area contributed by atoms with Gasteiger partial charge in [-0.15, -0.1) is 0 Å². The zero-order valence-corrected chi connectivity index (χ0v) is 12.1. The van der Waals surface area contributed by atoms with Crippen molar-refractivity contribution >= 4 is 5.65 Å². The highest BCUT2D eigenvalue weighted by Crippen LogP contribution is 2.32. The van der Waals surface area contributed by atoms with Crippen molar-refractivity contribution in [2.75, 3.05) is 19.7 Å². The summed E-state index contributed by atoms with van der Waals surface area (Å²) in [6.45, 7) is 5.15. The first-order valence-corrected chi connectivity index (χ1v) is 7.64. The van der Waals surface area contributed by atoms with E-state index in [1.54, 1.807) is 0 Å². The van der Waals surface area contributed by atoms with Crippen LogP contribution >= 0.6 is 0 Å². The Bertz CT molecular complexity index is 518. The number of nitrogens with zero attached hydrogens (tertiary/aromatic N) is 2. The van der Waals surface area contributed by atoms with Crippen molar-refractivity contribution < 1.29 is 4.74 Å². The summed E-state index contributed by atoms with van der Waals surface area (Å²) < 4.78 is 8.09. The van der Waals surface area contributed by atoms with Crippen LogP contribution < -0.4 is 5.32 Å². The van der Waals surface area contributed by atoms with Crippen molar-refractivity contribution in [2.24, 2.45) is 5.92 Å². The van der Waals surface area contributed by atoms with Gasteiger partial charge in [0.1, 0.15) is 11.8 Å². The standard InChI is InChI=1S/C16H23N3O/c1-2-8-17-11-13-6-5-10-20-16(13)14-12-19-9-4-3-7-15(19)18-14/h3-4,7,9,12-13,16-17H,2,5-6,8,10-11H2,1H3. The minimum absolute atomic E-state index is 0.132. The molecule has 4 heteroatoms. The predicted octanol–water partition coefficient (Wildman–Crippen LogP) is 2.80. The number of rotatable bonds is 5. The molecule has 2 atom stereocenters. The molecule has 0 aliphatic carbocycles. The second-order valence-corrected chi connectivity index (χ2v) is 5.53. The number of aromatic nitrogens is 2. The zero-order valence-electron chi connectivity index (χ0n) is 12.1. The Morgan fingerprint density at radius 2 is 2.40 bits per heavy atom. The monoisotopic (exact) mass is 273 g/mol. The second-order valence-electron chi connectivity index (χ2n) is 5.53. The van der Waals surface area contributed by atoms with Crippen LogP contribution in [0.15, 0.2) is 30.6 Å². The molecule has 1 N–H and O–H groups in total. The van der Waals surface area contributed by atoms with E-state index in [0.717, 1.165) is 37.5 Å². The van der Waals surface area contributed by atoms with E-state index in [9.17, 15) is 0 Å². The van der Waals surface area contributed by atoms with Crippen molar-refractivity contribution in [1.82, 2.24) is 14.7 Å². The van der Waals surface area contributed by atoms with E-state index >= 15 is 0 Å². The molecule has 0 radical (unpaired) electrons. The molecule has 20 heavy (non-hydrogen) atoms. The molecule has 108 valence electrons. The Kier molecular flexibility index (Phi) is 4.33. The molecule has 0 bridgehead atoms. The number of nitrogens with one attached hydrogen (secondary N) is 1. The van der Waals surface area contributed by atoms with Crippen LogP contribution in [-0.2, 0) is 4.74 Å². The molecule has 2 unspecified atom stereocenters. The molecule has 0 amide bonds. The third-order valence-electron chi connectivity index (χ3n) is 3.95. The van der Waals surface area contributed by atoms with E-state index in [2.05, 4.69) is 22.8 Å². The maximum Gasteiger partial charge on any atom is 0.137 e. The summed E-state index contributed by atoms with van der Waals surface area (Å²) in [5.74, 6) is 0.528. The zero-order chi connectivity index (χ0) is 13.8. The molecule has 1 aliphatic rings. The lowest BCUT2D eigenvalue weighted by Crippen LogP contribution is -2.32. The number of imidazole rings is 1. The van der Waals surface area contributed by atoms with Gasteiger partial charge in [0.05, 0.1) is 5.69 Å². The summed E-state index contributed by atoms with van der Waals surface area (Å²) in [6, 6.07) is 6.09. The molecule has 2 aromatic heterocycles. The van der Waals surface area contributed by atoms with Gasteiger partial charge in [-0.25, -0.2) is 4.98 Å². The Morgan fingerprint density at radius 1 is 1.45 bits per heavy atom. The molecule has 1 saturated heterocycles. The summed E-state index contributed by atoms with van der Waals surface area (Å²) >= 11 is 0. The fraction of sp³-hybridized carbons (Fsp3) is 0.562. The first-order chi connectivity index (χ1) is 9.88. The molecule has 3 heterocycles. The maximum absolute atomic E-state index is 6.02. The molecule has 0 saturated carbocycles. The molecule has 2 aromatic rings. The average molecular weight is 273 g/mol. The van der Waals surface area contributed by atoms with Gasteiger partial charge < -0.3 is 14.5 Å². The van der Waals surface area contributed by atoms with Crippen molar-refractivity contribution in [2.45, 2.75) is 32.3 Å². The molecule has 1 fully saturated rings. The van der Waals surface area contributed by atoms with Crippen LogP contribution in [0.3, 0.4) is 0 Å². The summed E-state index contributed by atoms with van der Waals surface area (Å²) in [4.78, 5) is 4.73. The van der Waals surface area contributed by atoms with Crippen molar-refractivity contribution in [3.05, 3.63) is 36.3 Å². The fourth-order valence-corrected chi connectivity index (χ4v) is 2.93. The Morgan fingerprint density at radius 3 is 3.25 bits per heavy atom. The van der Waals surface area contributed by atoms with Gasteiger partial charge in [0.15, 0.2) is 0 Å². The van der Waals surface area contributed by atoms with Crippen LogP contribution in [0.4, 0.5) is 0 Å². The first kappa shape index (κ1) is 13.6. The summed E-state index contributed by atoms with van der Waals surface area (Å²) in [7, 11) is 0. The van der Waals surface area contributed by atoms with E-state index in [-0.39, 0.29) is 6.10 Å². The SMILES string of the molecule is CCCNCC1CCCOC1c1cn2ccccc2n1. The molecule has 4 nitrogen and oxygen atoms in total. The van der Waals surface area contributed by atoms with Crippen LogP contribution in [0.5, 0.6) is 0 Å². The van der Waals surface area contributed by atoms with Crippen LogP contribution in [0.2, 0.25) is 0 Å². The topological polar surface area (TPSA) is 38.6 Å². The highest BCUT2D eigenvalue weighted by molar-refractivity contribution is 5.39. The number of fused-ring (bicyclic) bond motifs is 1. The fourth-order valence-electron chi connectivity index (χ4n) is 2.93. The first-order valence-electron chi connectivity index (χ1n) is 7.64. The number of hydrogen-bond donors (Lipinski definition) is 1. The van der Waals surface area contributed by atoms with Crippen LogP contribution in [0.1, 0.15) is 38.0 Å². The smallest absolute Gasteiger partial charge is 0.137 e. The summed E-state index contributed by atoms with van der Waals surface area (Å²) in [5.41, 5.74) is 2.07. The lowest BCUT2D eigenvalue weighted by atomic mass is 9.92. The number of ether oxygens (including phenoxy) is 1. The molecule has 0 spiro atoms. The van der Waals surface area contributed by atoms with Gasteiger partial charge >= 0.3 is 0 Å². The predicted molar refractivity (Wildman–Crippen MR) is 79.8 cm³/mol. The molecular weight excluding hydrogens is 250 g/mol. The minimum Gasteiger partial charge on any atom is -0.372 e. The third kappa shape index (κ3) is 2.86. The maximum atomic E-state index is 6.02. The molecular formula is C16H23N3O. The van der Waals surface area contributed by atoms with E-state index < -0.39 is 0 Å². The average Bonchev–Trinajstić information content (AvgIpc) is 2.92. The molecule has 3 rings (SSSR count). The van der Waals surface area contributed by atoms with Gasteiger partial charge in [-0.3, -0.25) is 0 Å². The molecule has 1 aliphatic heterocycles. The van der Waals surface area contributed by atoms with E-state index in [0.29, 0.717) is 5.92 Å². The van der Waals surface area contributed by atoms with Crippen molar-refractivity contribution in [3.8, 4) is 0 Å². The van der Waals surface area contributed by atoms with Crippen molar-refractivity contribution in [3.63, 3.8) is 0 Å². The van der Waals surface area contributed by atoms with Crippen molar-refractivity contribution in [1.29, 1.82) is 0 Å². The lowest BCUT2D eigenvalue weighted by Gasteiger charge is -2.30. The van der Waals surface area contributed by atoms with Gasteiger partial charge in [-0.1, -0.05) is 13.0 Å². The Labute approximate surface area is 120 Å². The van der Waals surface area contributed by atoms with Crippen LogP contribution in [0, 0.1) is 5.92 Å². The number of hydrogen-bond acceptors (Lipinski definition) is 3. The molecule has 0 aromatic carbocycles. The Balaban J connectivity index is 1.77. The lowest BCUT2D eigenvalue weighted by molar-refractivity contribution is -0.0299. The van der Waals surface area contributed by atoms with E-state index in [1.807, 2.05) is 24.4 Å². The minimum atomic E-state index is 0.132. The van der Waals surface area contributed by atoms with E-state index in [4.69, 9.17) is 9.72 Å². The van der Waals surface area contributed by atoms with Crippen LogP contribution in [0.25, 0.3) is 5.65 Å². The van der Waals surface area contributed by atoms with Gasteiger partial charge in [-0.2, -0.15) is 0 Å². The Hall–Kier alpha value is -1.39. The third-order valence-corrected chi connectivity index (χ3v) is 3.95. The number of pyridine rings is 1. The summed E-state index contributed by atoms with van der Waals surface area (Å²) in [5, 5.41) is 3.52.